The van der Waals surface area contributed by atoms with E-state index in [0.29, 0.717) is 25.4 Å². The zero-order valence-corrected chi connectivity index (χ0v) is 16.5. The number of cyclic esters (lactones) is 1. The minimum absolute atomic E-state index is 0.0243. The molecule has 0 radical (unpaired) electrons. The zero-order valence-electron chi connectivity index (χ0n) is 16.5. The summed E-state index contributed by atoms with van der Waals surface area (Å²) in [5.74, 6) is 0.739. The number of hydrogen-bond donors (Lipinski definition) is 1. The number of aromatic nitrogens is 1. The molecule has 146 valence electrons. The van der Waals surface area contributed by atoms with Crippen LogP contribution in [0.3, 0.4) is 0 Å². The van der Waals surface area contributed by atoms with Crippen molar-refractivity contribution in [2.75, 3.05) is 19.7 Å². The second kappa shape index (κ2) is 6.50. The molecule has 6 heteroatoms. The topological polar surface area (TPSA) is 71.5 Å². The minimum Gasteiger partial charge on any atom is -0.447 e. The maximum Gasteiger partial charge on any atom is 0.407 e. The lowest BCUT2D eigenvalue weighted by Crippen LogP contribution is -2.58. The van der Waals surface area contributed by atoms with Crippen LogP contribution >= 0.6 is 0 Å². The summed E-state index contributed by atoms with van der Waals surface area (Å²) in [4.78, 5) is 30.7. The molecular weight excluding hydrogens is 342 g/mol. The van der Waals surface area contributed by atoms with Gasteiger partial charge in [-0.05, 0) is 43.2 Å². The monoisotopic (exact) mass is 371 g/mol. The molecule has 6 nitrogen and oxygen atoms in total. The van der Waals surface area contributed by atoms with E-state index < -0.39 is 0 Å². The number of rotatable bonds is 2. The molecule has 1 spiro atoms. The van der Waals surface area contributed by atoms with Gasteiger partial charge in [0, 0.05) is 36.3 Å². The molecule has 3 heterocycles. The predicted molar refractivity (Wildman–Crippen MR) is 101 cm³/mol. The van der Waals surface area contributed by atoms with Gasteiger partial charge in [-0.25, -0.2) is 4.79 Å². The number of nitrogens with one attached hydrogen (secondary N) is 1. The van der Waals surface area contributed by atoms with Crippen LogP contribution in [0.15, 0.2) is 18.3 Å². The summed E-state index contributed by atoms with van der Waals surface area (Å²) in [5, 5.41) is 2.86. The number of hydrogen-bond acceptors (Lipinski definition) is 4. The lowest BCUT2D eigenvalue weighted by molar-refractivity contribution is -0.142. The average molecular weight is 371 g/mol. The fraction of sp³-hybridized carbons (Fsp3) is 0.667. The number of carbonyl (C=O) groups excluding carboxylic acids is 2. The molecule has 3 fully saturated rings. The van der Waals surface area contributed by atoms with E-state index in [1.54, 1.807) is 0 Å². The lowest BCUT2D eigenvalue weighted by Gasteiger charge is -2.45. The number of piperidine rings is 1. The molecule has 1 saturated carbocycles. The van der Waals surface area contributed by atoms with E-state index in [0.717, 1.165) is 31.6 Å². The number of carbonyl (C=O) groups is 2. The van der Waals surface area contributed by atoms with Gasteiger partial charge in [0.05, 0.1) is 5.54 Å². The Bertz CT molecular complexity index is 724. The Balaban J connectivity index is 1.29. The second-order valence-corrected chi connectivity index (χ2v) is 9.41. The van der Waals surface area contributed by atoms with Crippen LogP contribution in [0.1, 0.15) is 63.6 Å². The van der Waals surface area contributed by atoms with Gasteiger partial charge in [0.15, 0.2) is 0 Å². The Hall–Kier alpha value is -2.11. The van der Waals surface area contributed by atoms with E-state index in [-0.39, 0.29) is 28.9 Å². The molecule has 1 aliphatic carbocycles. The SMILES string of the molecule is CC(C)(C)c1ccc(C2CCN(C(=O)[C@H]3C[C@]4(COC(=O)N4)C3)CC2)cn1. The van der Waals surface area contributed by atoms with Gasteiger partial charge < -0.3 is 15.0 Å². The van der Waals surface area contributed by atoms with Crippen molar-refractivity contribution in [1.29, 1.82) is 0 Å². The van der Waals surface area contributed by atoms with Crippen LogP contribution in [0.4, 0.5) is 4.79 Å². The Morgan fingerprint density at radius 3 is 2.48 bits per heavy atom. The van der Waals surface area contributed by atoms with E-state index in [1.807, 2.05) is 11.1 Å². The van der Waals surface area contributed by atoms with Crippen molar-refractivity contribution < 1.29 is 14.3 Å². The molecule has 1 N–H and O–H groups in total. The van der Waals surface area contributed by atoms with Crippen LogP contribution in [0.2, 0.25) is 0 Å². The summed E-state index contributed by atoms with van der Waals surface area (Å²) in [6.07, 6.45) is 5.04. The van der Waals surface area contributed by atoms with Gasteiger partial charge in [-0.15, -0.1) is 0 Å². The molecule has 1 aromatic heterocycles. The summed E-state index contributed by atoms with van der Waals surface area (Å²) < 4.78 is 5.00. The van der Waals surface area contributed by atoms with Gasteiger partial charge in [-0.1, -0.05) is 26.8 Å². The van der Waals surface area contributed by atoms with Gasteiger partial charge in [-0.3, -0.25) is 9.78 Å². The van der Waals surface area contributed by atoms with Gasteiger partial charge in [0.25, 0.3) is 0 Å². The Morgan fingerprint density at radius 1 is 1.26 bits per heavy atom. The van der Waals surface area contributed by atoms with Gasteiger partial charge in [-0.2, -0.15) is 0 Å². The average Bonchev–Trinajstić information content (AvgIpc) is 3.02. The van der Waals surface area contributed by atoms with Gasteiger partial charge in [0.2, 0.25) is 5.91 Å². The zero-order chi connectivity index (χ0) is 19.2. The molecule has 2 saturated heterocycles. The normalized spacial score (nSPS) is 28.6. The quantitative estimate of drug-likeness (QED) is 0.868. The number of nitrogens with zero attached hydrogens (tertiary/aromatic N) is 2. The highest BCUT2D eigenvalue weighted by Gasteiger charge is 2.53. The van der Waals surface area contributed by atoms with Crippen LogP contribution in [0, 0.1) is 5.92 Å². The van der Waals surface area contributed by atoms with Crippen LogP contribution in [-0.2, 0) is 14.9 Å². The third kappa shape index (κ3) is 3.54. The van der Waals surface area contributed by atoms with Crippen molar-refractivity contribution in [2.45, 2.75) is 63.3 Å². The molecule has 1 aromatic rings. The van der Waals surface area contributed by atoms with E-state index in [9.17, 15) is 9.59 Å². The minimum atomic E-state index is -0.354. The van der Waals surface area contributed by atoms with Crippen LogP contribution in [-0.4, -0.2) is 47.1 Å². The number of pyridine rings is 1. The Labute approximate surface area is 160 Å². The molecule has 0 unspecified atom stereocenters. The standard InChI is InChI=1S/C21H29N3O3/c1-20(2,3)17-5-4-15(12-22-17)14-6-8-24(9-7-14)18(25)16-10-21(11-16)13-27-19(26)23-21/h4-5,12,14,16H,6-11,13H2,1-3H3,(H,23,26)/t16-,21+. The molecule has 0 atom stereocenters. The largest absolute Gasteiger partial charge is 0.447 e. The maximum absolute atomic E-state index is 12.8. The molecule has 0 aromatic carbocycles. The van der Waals surface area contributed by atoms with Gasteiger partial charge in [0.1, 0.15) is 6.61 Å². The van der Waals surface area contributed by atoms with Gasteiger partial charge >= 0.3 is 6.09 Å². The Kier molecular flexibility index (Phi) is 4.40. The first-order valence-electron chi connectivity index (χ1n) is 9.96. The fourth-order valence-corrected chi connectivity index (χ4v) is 4.55. The van der Waals surface area contributed by atoms with Crippen LogP contribution in [0.25, 0.3) is 0 Å². The molecule has 27 heavy (non-hydrogen) atoms. The third-order valence-electron chi connectivity index (χ3n) is 6.30. The second-order valence-electron chi connectivity index (χ2n) is 9.41. The van der Waals surface area contributed by atoms with Crippen molar-refractivity contribution >= 4 is 12.0 Å². The van der Waals surface area contributed by atoms with Crippen molar-refractivity contribution in [1.82, 2.24) is 15.2 Å². The fourth-order valence-electron chi connectivity index (χ4n) is 4.55. The molecular formula is C21H29N3O3. The summed E-state index contributed by atoms with van der Waals surface area (Å²) >= 11 is 0. The number of ether oxygens (including phenoxy) is 1. The Morgan fingerprint density at radius 2 is 1.96 bits per heavy atom. The summed E-state index contributed by atoms with van der Waals surface area (Å²) in [5.41, 5.74) is 2.18. The highest BCUT2D eigenvalue weighted by molar-refractivity contribution is 5.81. The third-order valence-corrected chi connectivity index (χ3v) is 6.30. The summed E-state index contributed by atoms with van der Waals surface area (Å²) in [7, 11) is 0. The van der Waals surface area contributed by atoms with E-state index in [2.05, 4.69) is 43.2 Å². The number of likely N-dealkylation sites (tertiary alicyclic amines) is 1. The van der Waals surface area contributed by atoms with Crippen LogP contribution < -0.4 is 5.32 Å². The molecule has 4 rings (SSSR count). The predicted octanol–water partition coefficient (Wildman–Crippen LogP) is 2.97. The smallest absolute Gasteiger partial charge is 0.407 e. The van der Waals surface area contributed by atoms with Crippen molar-refractivity contribution in [2.24, 2.45) is 5.92 Å². The number of alkyl carbamates (subject to hydrolysis) is 1. The molecule has 3 aliphatic rings. The van der Waals surface area contributed by atoms with Crippen molar-refractivity contribution in [3.05, 3.63) is 29.6 Å². The molecule has 2 amide bonds. The summed E-state index contributed by atoms with van der Waals surface area (Å²) in [6.45, 7) is 8.52. The van der Waals surface area contributed by atoms with Crippen LogP contribution in [0.5, 0.6) is 0 Å². The highest BCUT2D eigenvalue weighted by Crippen LogP contribution is 2.42. The highest BCUT2D eigenvalue weighted by atomic mass is 16.6. The van der Waals surface area contributed by atoms with E-state index in [4.69, 9.17) is 4.74 Å². The first kappa shape index (κ1) is 18.3. The van der Waals surface area contributed by atoms with Crippen molar-refractivity contribution in [3.63, 3.8) is 0 Å². The number of amides is 2. The maximum atomic E-state index is 12.8. The first-order chi connectivity index (χ1) is 12.8. The summed E-state index contributed by atoms with van der Waals surface area (Å²) in [6, 6.07) is 4.34. The van der Waals surface area contributed by atoms with E-state index in [1.165, 1.54) is 5.56 Å². The lowest BCUT2D eigenvalue weighted by atomic mass is 9.68. The first-order valence-corrected chi connectivity index (χ1v) is 9.96. The van der Waals surface area contributed by atoms with E-state index >= 15 is 0 Å². The molecule has 0 bridgehead atoms. The molecule has 2 aliphatic heterocycles. The van der Waals surface area contributed by atoms with Crippen molar-refractivity contribution in [3.8, 4) is 0 Å².